The Balaban J connectivity index is 2.54. The highest BCUT2D eigenvalue weighted by molar-refractivity contribution is 9.09. The third-order valence-electron chi connectivity index (χ3n) is 2.72. The number of alkyl halides is 1. The SMILES string of the molecule is CCCCN(CCBr)Cc1ncnn1CCC. The van der Waals surface area contributed by atoms with E-state index in [0.717, 1.165) is 43.8 Å². The molecule has 0 bridgehead atoms. The molecule has 0 aliphatic carbocycles. The minimum Gasteiger partial charge on any atom is -0.295 e. The highest BCUT2D eigenvalue weighted by Crippen LogP contribution is 2.05. The Morgan fingerprint density at radius 2 is 2.12 bits per heavy atom. The van der Waals surface area contributed by atoms with Gasteiger partial charge in [-0.15, -0.1) is 0 Å². The van der Waals surface area contributed by atoms with Gasteiger partial charge in [-0.2, -0.15) is 5.10 Å². The summed E-state index contributed by atoms with van der Waals surface area (Å²) >= 11 is 3.51. The number of halogens is 1. The predicted molar refractivity (Wildman–Crippen MR) is 74.3 cm³/mol. The molecule has 1 rings (SSSR count). The van der Waals surface area contributed by atoms with Gasteiger partial charge in [0.1, 0.15) is 12.2 Å². The average molecular weight is 303 g/mol. The van der Waals surface area contributed by atoms with E-state index in [4.69, 9.17) is 0 Å². The Morgan fingerprint density at radius 3 is 2.76 bits per heavy atom. The van der Waals surface area contributed by atoms with Gasteiger partial charge in [0, 0.05) is 18.4 Å². The molecule has 1 aromatic heterocycles. The highest BCUT2D eigenvalue weighted by Gasteiger charge is 2.09. The molecule has 5 heteroatoms. The molecule has 1 aromatic rings. The lowest BCUT2D eigenvalue weighted by Gasteiger charge is -2.20. The maximum absolute atomic E-state index is 4.36. The summed E-state index contributed by atoms with van der Waals surface area (Å²) in [7, 11) is 0. The van der Waals surface area contributed by atoms with Crippen LogP contribution in [0.15, 0.2) is 6.33 Å². The van der Waals surface area contributed by atoms with E-state index in [1.165, 1.54) is 12.8 Å². The minimum atomic E-state index is 0.908. The molecule has 0 atom stereocenters. The molecule has 0 spiro atoms. The molecule has 0 unspecified atom stereocenters. The Bertz CT molecular complexity index is 300. The van der Waals surface area contributed by atoms with Crippen LogP contribution >= 0.6 is 15.9 Å². The fourth-order valence-electron chi connectivity index (χ4n) is 1.78. The summed E-state index contributed by atoms with van der Waals surface area (Å²) in [6.07, 6.45) is 5.25. The lowest BCUT2D eigenvalue weighted by atomic mass is 10.3. The zero-order valence-corrected chi connectivity index (χ0v) is 12.5. The largest absolute Gasteiger partial charge is 0.295 e. The summed E-state index contributed by atoms with van der Waals surface area (Å²) < 4.78 is 2.02. The first-order valence-electron chi connectivity index (χ1n) is 6.46. The molecule has 0 amide bonds. The fourth-order valence-corrected chi connectivity index (χ4v) is 2.28. The van der Waals surface area contributed by atoms with Gasteiger partial charge < -0.3 is 0 Å². The summed E-state index contributed by atoms with van der Waals surface area (Å²) in [5.41, 5.74) is 0. The Morgan fingerprint density at radius 1 is 1.29 bits per heavy atom. The summed E-state index contributed by atoms with van der Waals surface area (Å²) in [6, 6.07) is 0. The Labute approximate surface area is 113 Å². The number of aromatic nitrogens is 3. The molecule has 0 N–H and O–H groups in total. The van der Waals surface area contributed by atoms with Crippen LogP contribution < -0.4 is 0 Å². The van der Waals surface area contributed by atoms with Crippen LogP contribution in [-0.4, -0.2) is 38.1 Å². The number of hydrogen-bond donors (Lipinski definition) is 0. The molecular formula is C12H23BrN4. The van der Waals surface area contributed by atoms with E-state index in [2.05, 4.69) is 44.8 Å². The van der Waals surface area contributed by atoms with Gasteiger partial charge in [-0.3, -0.25) is 4.90 Å². The molecular weight excluding hydrogens is 280 g/mol. The van der Waals surface area contributed by atoms with Gasteiger partial charge >= 0.3 is 0 Å². The van der Waals surface area contributed by atoms with Crippen molar-refractivity contribution in [2.75, 3.05) is 18.4 Å². The van der Waals surface area contributed by atoms with E-state index in [1.807, 2.05) is 4.68 Å². The van der Waals surface area contributed by atoms with Crippen LogP contribution in [0.25, 0.3) is 0 Å². The topological polar surface area (TPSA) is 34.0 Å². The summed E-state index contributed by atoms with van der Waals surface area (Å²) in [4.78, 5) is 6.80. The molecule has 17 heavy (non-hydrogen) atoms. The van der Waals surface area contributed by atoms with Gasteiger partial charge in [0.25, 0.3) is 0 Å². The van der Waals surface area contributed by atoms with Gasteiger partial charge in [0.2, 0.25) is 0 Å². The standard InChI is InChI=1S/C12H23BrN4/c1-3-5-8-16(9-6-13)10-12-14-11-15-17(12)7-4-2/h11H,3-10H2,1-2H3. The molecule has 0 saturated heterocycles. The van der Waals surface area contributed by atoms with Crippen molar-refractivity contribution < 1.29 is 0 Å². The maximum Gasteiger partial charge on any atom is 0.141 e. The molecule has 98 valence electrons. The van der Waals surface area contributed by atoms with Gasteiger partial charge in [-0.1, -0.05) is 36.2 Å². The van der Waals surface area contributed by atoms with Crippen LogP contribution in [0.3, 0.4) is 0 Å². The third-order valence-corrected chi connectivity index (χ3v) is 3.08. The number of unbranched alkanes of at least 4 members (excludes halogenated alkanes) is 1. The van der Waals surface area contributed by atoms with Crippen molar-refractivity contribution in [3.8, 4) is 0 Å². The minimum absolute atomic E-state index is 0.908. The van der Waals surface area contributed by atoms with Crippen molar-refractivity contribution in [1.82, 2.24) is 19.7 Å². The number of hydrogen-bond acceptors (Lipinski definition) is 3. The van der Waals surface area contributed by atoms with Gasteiger partial charge in [0.15, 0.2) is 0 Å². The molecule has 0 aliphatic heterocycles. The van der Waals surface area contributed by atoms with Crippen LogP contribution in [0.1, 0.15) is 38.9 Å². The fraction of sp³-hybridized carbons (Fsp3) is 0.833. The van der Waals surface area contributed by atoms with Crippen LogP contribution in [0.5, 0.6) is 0 Å². The first-order chi connectivity index (χ1) is 8.31. The first-order valence-corrected chi connectivity index (χ1v) is 7.59. The zero-order valence-electron chi connectivity index (χ0n) is 10.9. The van der Waals surface area contributed by atoms with E-state index in [9.17, 15) is 0 Å². The summed E-state index contributed by atoms with van der Waals surface area (Å²) in [5, 5.41) is 5.28. The number of aryl methyl sites for hydroxylation is 1. The van der Waals surface area contributed by atoms with E-state index in [0.29, 0.717) is 0 Å². The van der Waals surface area contributed by atoms with Gasteiger partial charge in [0.05, 0.1) is 6.54 Å². The predicted octanol–water partition coefficient (Wildman–Crippen LogP) is 2.69. The molecule has 4 nitrogen and oxygen atoms in total. The quantitative estimate of drug-likeness (QED) is 0.658. The van der Waals surface area contributed by atoms with Gasteiger partial charge in [-0.05, 0) is 19.4 Å². The van der Waals surface area contributed by atoms with Crippen LogP contribution in [0.2, 0.25) is 0 Å². The van der Waals surface area contributed by atoms with E-state index >= 15 is 0 Å². The van der Waals surface area contributed by atoms with Crippen molar-refractivity contribution in [2.24, 2.45) is 0 Å². The molecule has 0 aromatic carbocycles. The van der Waals surface area contributed by atoms with Crippen LogP contribution in [-0.2, 0) is 13.1 Å². The van der Waals surface area contributed by atoms with E-state index in [-0.39, 0.29) is 0 Å². The van der Waals surface area contributed by atoms with E-state index in [1.54, 1.807) is 6.33 Å². The second-order valence-corrected chi connectivity index (χ2v) is 5.01. The highest BCUT2D eigenvalue weighted by atomic mass is 79.9. The zero-order chi connectivity index (χ0) is 12.5. The van der Waals surface area contributed by atoms with Crippen molar-refractivity contribution in [2.45, 2.75) is 46.2 Å². The van der Waals surface area contributed by atoms with E-state index < -0.39 is 0 Å². The Hall–Kier alpha value is -0.420. The van der Waals surface area contributed by atoms with Crippen LogP contribution in [0, 0.1) is 0 Å². The monoisotopic (exact) mass is 302 g/mol. The van der Waals surface area contributed by atoms with Crippen molar-refractivity contribution >= 4 is 15.9 Å². The molecule has 0 radical (unpaired) electrons. The van der Waals surface area contributed by atoms with Crippen molar-refractivity contribution in [1.29, 1.82) is 0 Å². The summed E-state index contributed by atoms with van der Waals surface area (Å²) in [6.45, 7) is 8.47. The lowest BCUT2D eigenvalue weighted by molar-refractivity contribution is 0.265. The molecule has 0 saturated carbocycles. The summed E-state index contributed by atoms with van der Waals surface area (Å²) in [5.74, 6) is 1.09. The number of nitrogens with zero attached hydrogens (tertiary/aromatic N) is 4. The van der Waals surface area contributed by atoms with Crippen molar-refractivity contribution in [3.63, 3.8) is 0 Å². The first kappa shape index (κ1) is 14.6. The molecule has 0 aliphatic rings. The normalized spacial score (nSPS) is 11.3. The Kier molecular flexibility index (Phi) is 7.44. The number of rotatable bonds is 9. The van der Waals surface area contributed by atoms with Crippen LogP contribution in [0.4, 0.5) is 0 Å². The van der Waals surface area contributed by atoms with Crippen molar-refractivity contribution in [3.05, 3.63) is 12.2 Å². The second-order valence-electron chi connectivity index (χ2n) is 4.22. The third kappa shape index (κ3) is 5.17. The molecule has 0 fully saturated rings. The maximum atomic E-state index is 4.36. The average Bonchev–Trinajstić information content (AvgIpc) is 2.74. The molecule has 1 heterocycles. The second kappa shape index (κ2) is 8.64. The lowest BCUT2D eigenvalue weighted by Crippen LogP contribution is -2.28. The van der Waals surface area contributed by atoms with Gasteiger partial charge in [-0.25, -0.2) is 9.67 Å². The smallest absolute Gasteiger partial charge is 0.141 e.